The zero-order chi connectivity index (χ0) is 14.8. The minimum Gasteiger partial charge on any atom is -0.497 e. The molecule has 106 valence electrons. The second-order valence-electron chi connectivity index (χ2n) is 5.53. The van der Waals surface area contributed by atoms with Gasteiger partial charge in [-0.3, -0.25) is 4.98 Å². The van der Waals surface area contributed by atoms with Gasteiger partial charge < -0.3 is 4.74 Å². The molecule has 0 saturated heterocycles. The normalized spacial score (nSPS) is 11.0. The lowest BCUT2D eigenvalue weighted by molar-refractivity contribution is 0.415. The fourth-order valence-corrected chi connectivity index (χ4v) is 2.54. The summed E-state index contributed by atoms with van der Waals surface area (Å²) in [7, 11) is 1.69. The SMILES string of the molecule is COc1ccc(-c2cc(C(C)C)cc3cccnc23)cc1. The summed E-state index contributed by atoms with van der Waals surface area (Å²) in [6.45, 7) is 4.44. The van der Waals surface area contributed by atoms with E-state index >= 15 is 0 Å². The summed E-state index contributed by atoms with van der Waals surface area (Å²) in [5.41, 5.74) is 4.73. The van der Waals surface area contributed by atoms with Crippen molar-refractivity contribution >= 4 is 10.9 Å². The highest BCUT2D eigenvalue weighted by molar-refractivity contribution is 5.94. The van der Waals surface area contributed by atoms with Gasteiger partial charge in [-0.25, -0.2) is 0 Å². The fourth-order valence-electron chi connectivity index (χ4n) is 2.54. The molecule has 3 rings (SSSR count). The Hall–Kier alpha value is -2.35. The van der Waals surface area contributed by atoms with Crippen molar-refractivity contribution in [3.63, 3.8) is 0 Å². The van der Waals surface area contributed by atoms with Gasteiger partial charge in [0.2, 0.25) is 0 Å². The Morgan fingerprint density at radius 2 is 1.76 bits per heavy atom. The maximum atomic E-state index is 5.24. The number of hydrogen-bond acceptors (Lipinski definition) is 2. The number of hydrogen-bond donors (Lipinski definition) is 0. The molecule has 2 nitrogen and oxygen atoms in total. The topological polar surface area (TPSA) is 22.1 Å². The summed E-state index contributed by atoms with van der Waals surface area (Å²) in [4.78, 5) is 4.57. The molecule has 0 N–H and O–H groups in total. The van der Waals surface area contributed by atoms with Crippen LogP contribution in [0, 0.1) is 0 Å². The van der Waals surface area contributed by atoms with Crippen molar-refractivity contribution < 1.29 is 4.74 Å². The molecule has 0 atom stereocenters. The summed E-state index contributed by atoms with van der Waals surface area (Å²) >= 11 is 0. The lowest BCUT2D eigenvalue weighted by Crippen LogP contribution is -1.92. The molecule has 0 saturated carbocycles. The minimum absolute atomic E-state index is 0.492. The van der Waals surface area contributed by atoms with Gasteiger partial charge in [0.1, 0.15) is 5.75 Å². The first kappa shape index (κ1) is 13.6. The van der Waals surface area contributed by atoms with Gasteiger partial charge in [-0.2, -0.15) is 0 Å². The first-order chi connectivity index (χ1) is 10.2. The highest BCUT2D eigenvalue weighted by Gasteiger charge is 2.09. The van der Waals surface area contributed by atoms with E-state index in [2.05, 4.69) is 49.2 Å². The maximum Gasteiger partial charge on any atom is 0.118 e. The van der Waals surface area contributed by atoms with Crippen molar-refractivity contribution in [1.29, 1.82) is 0 Å². The standard InChI is InChI=1S/C19H19NO/c1-13(2)16-11-15-5-4-10-20-19(15)18(12-16)14-6-8-17(21-3)9-7-14/h4-13H,1-3H3. The molecule has 0 radical (unpaired) electrons. The van der Waals surface area contributed by atoms with Crippen LogP contribution in [0.2, 0.25) is 0 Å². The quantitative estimate of drug-likeness (QED) is 0.669. The van der Waals surface area contributed by atoms with Crippen LogP contribution in [-0.2, 0) is 0 Å². The largest absolute Gasteiger partial charge is 0.497 e. The lowest BCUT2D eigenvalue weighted by atomic mass is 9.94. The Morgan fingerprint density at radius 3 is 2.43 bits per heavy atom. The number of benzene rings is 2. The van der Waals surface area contributed by atoms with Crippen LogP contribution >= 0.6 is 0 Å². The molecule has 0 aliphatic heterocycles. The summed E-state index contributed by atoms with van der Waals surface area (Å²) in [6.07, 6.45) is 1.85. The van der Waals surface area contributed by atoms with Crippen molar-refractivity contribution in [3.05, 3.63) is 60.3 Å². The van der Waals surface area contributed by atoms with E-state index in [-0.39, 0.29) is 0 Å². The van der Waals surface area contributed by atoms with Gasteiger partial charge in [0.15, 0.2) is 0 Å². The van der Waals surface area contributed by atoms with Crippen molar-refractivity contribution in [2.24, 2.45) is 0 Å². The number of ether oxygens (including phenoxy) is 1. The zero-order valence-corrected chi connectivity index (χ0v) is 12.6. The highest BCUT2D eigenvalue weighted by atomic mass is 16.5. The molecular formula is C19H19NO. The van der Waals surface area contributed by atoms with Crippen molar-refractivity contribution in [2.75, 3.05) is 7.11 Å². The van der Waals surface area contributed by atoms with Crippen molar-refractivity contribution in [2.45, 2.75) is 19.8 Å². The van der Waals surface area contributed by atoms with E-state index in [1.165, 1.54) is 22.1 Å². The predicted molar refractivity (Wildman–Crippen MR) is 87.8 cm³/mol. The third-order valence-corrected chi connectivity index (χ3v) is 3.79. The lowest BCUT2D eigenvalue weighted by Gasteiger charge is -2.12. The molecule has 0 aliphatic rings. The van der Waals surface area contributed by atoms with Crippen LogP contribution in [-0.4, -0.2) is 12.1 Å². The Morgan fingerprint density at radius 1 is 1.00 bits per heavy atom. The zero-order valence-electron chi connectivity index (χ0n) is 12.6. The average molecular weight is 277 g/mol. The van der Waals surface area contributed by atoms with Crippen LogP contribution in [0.3, 0.4) is 0 Å². The van der Waals surface area contributed by atoms with Gasteiger partial charge in [-0.1, -0.05) is 32.0 Å². The van der Waals surface area contributed by atoms with Gasteiger partial charge in [-0.15, -0.1) is 0 Å². The summed E-state index contributed by atoms with van der Waals surface area (Å²) < 4.78 is 5.24. The smallest absolute Gasteiger partial charge is 0.118 e. The number of aromatic nitrogens is 1. The van der Waals surface area contributed by atoms with Gasteiger partial charge >= 0.3 is 0 Å². The molecule has 0 aliphatic carbocycles. The van der Waals surface area contributed by atoms with Gasteiger partial charge in [0.25, 0.3) is 0 Å². The number of fused-ring (bicyclic) bond motifs is 1. The third kappa shape index (κ3) is 2.62. The molecule has 3 aromatic rings. The monoisotopic (exact) mass is 277 g/mol. The molecule has 0 spiro atoms. The summed E-state index contributed by atoms with van der Waals surface area (Å²) in [5, 5.41) is 1.19. The predicted octanol–water partition coefficient (Wildman–Crippen LogP) is 5.03. The van der Waals surface area contributed by atoms with Crippen LogP contribution in [0.15, 0.2) is 54.7 Å². The Bertz CT molecular complexity index is 760. The minimum atomic E-state index is 0.492. The first-order valence-electron chi connectivity index (χ1n) is 7.22. The van der Waals surface area contributed by atoms with Gasteiger partial charge in [-0.05, 0) is 47.4 Å². The molecule has 2 heteroatoms. The number of pyridine rings is 1. The molecule has 1 heterocycles. The molecular weight excluding hydrogens is 258 g/mol. The average Bonchev–Trinajstić information content (AvgIpc) is 2.54. The Labute approximate surface area is 125 Å². The third-order valence-electron chi connectivity index (χ3n) is 3.79. The number of methoxy groups -OCH3 is 1. The van der Waals surface area contributed by atoms with E-state index in [0.717, 1.165) is 11.3 Å². The summed E-state index contributed by atoms with van der Waals surface area (Å²) in [5.74, 6) is 1.36. The molecule has 0 unspecified atom stereocenters. The van der Waals surface area contributed by atoms with Crippen LogP contribution in [0.1, 0.15) is 25.3 Å². The molecule has 0 amide bonds. The van der Waals surface area contributed by atoms with Crippen LogP contribution in [0.4, 0.5) is 0 Å². The molecule has 1 aromatic heterocycles. The number of rotatable bonds is 3. The van der Waals surface area contributed by atoms with Crippen molar-refractivity contribution in [3.8, 4) is 16.9 Å². The number of nitrogens with zero attached hydrogens (tertiary/aromatic N) is 1. The molecule has 0 bridgehead atoms. The van der Waals surface area contributed by atoms with E-state index in [4.69, 9.17) is 4.74 Å². The van der Waals surface area contributed by atoms with E-state index in [9.17, 15) is 0 Å². The molecule has 2 aromatic carbocycles. The molecule has 0 fully saturated rings. The Balaban J connectivity index is 2.23. The van der Waals surface area contributed by atoms with Crippen LogP contribution in [0.5, 0.6) is 5.75 Å². The maximum absolute atomic E-state index is 5.24. The first-order valence-corrected chi connectivity index (χ1v) is 7.22. The fraction of sp³-hybridized carbons (Fsp3) is 0.211. The summed E-state index contributed by atoms with van der Waals surface area (Å²) in [6, 6.07) is 16.8. The van der Waals surface area contributed by atoms with Crippen LogP contribution < -0.4 is 4.74 Å². The van der Waals surface area contributed by atoms with Gasteiger partial charge in [0.05, 0.1) is 12.6 Å². The molecule has 21 heavy (non-hydrogen) atoms. The second-order valence-corrected chi connectivity index (χ2v) is 5.53. The van der Waals surface area contributed by atoms with E-state index < -0.39 is 0 Å². The van der Waals surface area contributed by atoms with Gasteiger partial charge in [0, 0.05) is 17.1 Å². The van der Waals surface area contributed by atoms with Crippen LogP contribution in [0.25, 0.3) is 22.0 Å². The van der Waals surface area contributed by atoms with Crippen molar-refractivity contribution in [1.82, 2.24) is 4.98 Å². The van der Waals surface area contributed by atoms with E-state index in [1.807, 2.05) is 24.4 Å². The Kier molecular flexibility index (Phi) is 3.61. The second kappa shape index (κ2) is 5.57. The van der Waals surface area contributed by atoms with E-state index in [0.29, 0.717) is 5.92 Å². The van der Waals surface area contributed by atoms with E-state index in [1.54, 1.807) is 7.11 Å². The highest BCUT2D eigenvalue weighted by Crippen LogP contribution is 2.32.